The van der Waals surface area contributed by atoms with E-state index in [4.69, 9.17) is 11.6 Å². The molecule has 9 nitrogen and oxygen atoms in total. The van der Waals surface area contributed by atoms with Gasteiger partial charge in [0.05, 0.1) is 0 Å². The number of aromatic nitrogens is 3. The fourth-order valence-electron chi connectivity index (χ4n) is 3.19. The molecule has 0 amide bonds. The molecule has 3 heterocycles. The molecule has 0 aliphatic rings. The molecule has 6 N–H and O–H groups in total. The van der Waals surface area contributed by atoms with E-state index in [1.165, 1.54) is 6.07 Å². The van der Waals surface area contributed by atoms with Gasteiger partial charge in [0, 0.05) is 78.4 Å². The predicted molar refractivity (Wildman–Crippen MR) is 143 cm³/mol. The number of H-pyrrole nitrogens is 1. The maximum absolute atomic E-state index is 11.8. The Morgan fingerprint density at radius 2 is 2.14 bits per heavy atom. The number of nitrogens with two attached hydrogens (primary N) is 2. The van der Waals surface area contributed by atoms with E-state index >= 15 is 0 Å². The van der Waals surface area contributed by atoms with E-state index < -0.39 is 0 Å². The van der Waals surface area contributed by atoms with Gasteiger partial charge in [-0.2, -0.15) is 0 Å². The van der Waals surface area contributed by atoms with Gasteiger partial charge >= 0.3 is 0 Å². The van der Waals surface area contributed by atoms with E-state index in [2.05, 4.69) is 33.4 Å². The Labute approximate surface area is 204 Å². The smallest absolute Gasteiger partial charge is 0.250 e. The van der Waals surface area contributed by atoms with E-state index in [0.29, 0.717) is 35.8 Å². The number of rotatable bonds is 11. The van der Waals surface area contributed by atoms with Crippen LogP contribution in [0.3, 0.4) is 0 Å². The van der Waals surface area contributed by atoms with Gasteiger partial charge < -0.3 is 25.6 Å². The van der Waals surface area contributed by atoms with Crippen molar-refractivity contribution in [3.63, 3.8) is 0 Å². The number of aromatic amines is 1. The Morgan fingerprint density at radius 3 is 2.89 bits per heavy atom. The predicted octanol–water partition coefficient (Wildman–Crippen LogP) is 2.88. The summed E-state index contributed by atoms with van der Waals surface area (Å²) in [6.07, 6.45) is 10.3. The number of hydrogen-bond donors (Lipinski definition) is 4. The van der Waals surface area contributed by atoms with Crippen LogP contribution in [-0.2, 0) is 6.54 Å². The summed E-state index contributed by atoms with van der Waals surface area (Å²) in [5.74, 6) is 6.62. The normalized spacial score (nSPS) is 12.5. The molecule has 0 spiro atoms. The molecule has 35 heavy (non-hydrogen) atoms. The van der Waals surface area contributed by atoms with Gasteiger partial charge in [0.25, 0.3) is 5.56 Å². The molecule has 0 fully saturated rings. The number of fused-ring (bicyclic) bond motifs is 1. The topological polar surface area (TPSA) is 130 Å². The van der Waals surface area contributed by atoms with Crippen LogP contribution in [0.25, 0.3) is 16.6 Å². The van der Waals surface area contributed by atoms with E-state index in [0.717, 1.165) is 16.6 Å². The minimum atomic E-state index is -0.0557. The monoisotopic (exact) mass is 472 g/mol. The van der Waals surface area contributed by atoms with Crippen molar-refractivity contribution >= 4 is 22.8 Å². The van der Waals surface area contributed by atoms with Crippen LogP contribution < -0.4 is 22.5 Å². The number of nitrogens with zero attached hydrogens (tertiary/aromatic N) is 4. The summed E-state index contributed by atoms with van der Waals surface area (Å²) >= 11 is 0. The van der Waals surface area contributed by atoms with Crippen LogP contribution in [0.5, 0.6) is 0 Å². The zero-order valence-corrected chi connectivity index (χ0v) is 20.1. The summed E-state index contributed by atoms with van der Waals surface area (Å²) in [6, 6.07) is 9.05. The highest BCUT2D eigenvalue weighted by Gasteiger charge is 2.12. The first-order chi connectivity index (χ1) is 16.8. The number of aliphatic imine (C=N–C) groups is 1. The molecule has 3 rings (SSSR count). The lowest BCUT2D eigenvalue weighted by Crippen LogP contribution is -2.33. The average Bonchev–Trinajstić information content (AvgIpc) is 3.31. The molecule has 182 valence electrons. The highest BCUT2D eigenvalue weighted by molar-refractivity contribution is 5.88. The number of pyridine rings is 2. The molecular formula is C26H32N8O. The first-order valence-corrected chi connectivity index (χ1v) is 11.2. The summed E-state index contributed by atoms with van der Waals surface area (Å²) in [7, 11) is 0. The molecule has 3 aromatic heterocycles. The number of nitrogens with one attached hydrogen (secondary N) is 2. The van der Waals surface area contributed by atoms with Crippen molar-refractivity contribution in [2.24, 2.45) is 16.6 Å². The largest absolute Gasteiger partial charge is 0.398 e. The molecule has 0 aliphatic carbocycles. The van der Waals surface area contributed by atoms with Crippen LogP contribution in [0.1, 0.15) is 19.4 Å². The third-order valence-corrected chi connectivity index (χ3v) is 5.32. The molecule has 3 aromatic rings. The van der Waals surface area contributed by atoms with Crippen molar-refractivity contribution < 1.29 is 0 Å². The minimum Gasteiger partial charge on any atom is -0.398 e. The maximum atomic E-state index is 11.8. The third kappa shape index (κ3) is 6.81. The van der Waals surface area contributed by atoms with Crippen LogP contribution >= 0.6 is 0 Å². The molecule has 0 bridgehead atoms. The molecular weight excluding hydrogens is 440 g/mol. The molecule has 0 aliphatic heterocycles. The standard InChI is InChI=1S/C26H32N8O/c1-18(2)34(28)17-23(19(3)22-15-21-8-10-31-26(21)32-16-22)24(27)9-11-29-20(4)30-12-14-33-13-6-5-7-25(33)35/h5-11,13,15-18,30H,3-4,12,14,27-28H2,1-2H3,(H,31,32)/b23-17+,24-9-,29-11-. The van der Waals surface area contributed by atoms with Gasteiger partial charge in [0.1, 0.15) is 11.5 Å². The van der Waals surface area contributed by atoms with Crippen LogP contribution in [0, 0.1) is 0 Å². The van der Waals surface area contributed by atoms with E-state index in [-0.39, 0.29) is 11.6 Å². The van der Waals surface area contributed by atoms with Gasteiger partial charge in [-0.25, -0.2) is 15.8 Å². The lowest BCUT2D eigenvalue weighted by molar-refractivity contribution is 0.321. The minimum absolute atomic E-state index is 0.0557. The van der Waals surface area contributed by atoms with E-state index in [1.54, 1.807) is 46.5 Å². The van der Waals surface area contributed by atoms with Gasteiger partial charge in [-0.3, -0.25) is 4.79 Å². The zero-order valence-electron chi connectivity index (χ0n) is 20.1. The molecule has 0 atom stereocenters. The Morgan fingerprint density at radius 1 is 1.34 bits per heavy atom. The molecule has 0 unspecified atom stereocenters. The number of hydrogen-bond acceptors (Lipinski definition) is 7. The molecule has 0 radical (unpaired) electrons. The highest BCUT2D eigenvalue weighted by Crippen LogP contribution is 2.27. The highest BCUT2D eigenvalue weighted by atomic mass is 16.1. The van der Waals surface area contributed by atoms with Crippen molar-refractivity contribution in [2.45, 2.75) is 26.4 Å². The number of hydrazine groups is 1. The molecule has 9 heteroatoms. The maximum Gasteiger partial charge on any atom is 0.250 e. The fourth-order valence-corrected chi connectivity index (χ4v) is 3.19. The lowest BCUT2D eigenvalue weighted by Gasteiger charge is -2.21. The Hall–Kier alpha value is -4.37. The Balaban J connectivity index is 1.72. The van der Waals surface area contributed by atoms with Crippen LogP contribution in [0.15, 0.2) is 101 Å². The summed E-state index contributed by atoms with van der Waals surface area (Å²) in [5, 5.41) is 5.63. The van der Waals surface area contributed by atoms with Gasteiger partial charge in [-0.05, 0) is 43.7 Å². The quantitative estimate of drug-likeness (QED) is 0.147. The third-order valence-electron chi connectivity index (χ3n) is 5.32. The second kappa shape index (κ2) is 11.7. The van der Waals surface area contributed by atoms with Crippen LogP contribution in [0.4, 0.5) is 0 Å². The van der Waals surface area contributed by atoms with E-state index in [9.17, 15) is 4.79 Å². The first-order valence-electron chi connectivity index (χ1n) is 11.2. The molecule has 0 saturated heterocycles. The van der Waals surface area contributed by atoms with Crippen molar-refractivity contribution in [2.75, 3.05) is 6.54 Å². The second-order valence-corrected chi connectivity index (χ2v) is 8.21. The van der Waals surface area contributed by atoms with Gasteiger partial charge in [-0.15, -0.1) is 0 Å². The van der Waals surface area contributed by atoms with Crippen molar-refractivity contribution in [1.29, 1.82) is 0 Å². The summed E-state index contributed by atoms with van der Waals surface area (Å²) in [6.45, 7) is 13.1. The van der Waals surface area contributed by atoms with Crippen molar-refractivity contribution in [1.82, 2.24) is 24.9 Å². The van der Waals surface area contributed by atoms with Gasteiger partial charge in [0.2, 0.25) is 0 Å². The second-order valence-electron chi connectivity index (χ2n) is 8.21. The number of allylic oxidation sites excluding steroid dienone is 2. The van der Waals surface area contributed by atoms with Gasteiger partial charge in [0.15, 0.2) is 0 Å². The van der Waals surface area contributed by atoms with Gasteiger partial charge in [-0.1, -0.05) is 19.2 Å². The fraction of sp³-hybridized carbons (Fsp3) is 0.192. The van der Waals surface area contributed by atoms with Crippen LogP contribution in [0.2, 0.25) is 0 Å². The van der Waals surface area contributed by atoms with Crippen molar-refractivity contribution in [3.8, 4) is 0 Å². The summed E-state index contributed by atoms with van der Waals surface area (Å²) < 4.78 is 1.61. The SMILES string of the molecule is C=C(\N=C/C=C(N)/C(=C/N(N)C(C)C)C(=C)c1cnc2[nH]ccc2c1)NCCn1ccccc1=O. The first kappa shape index (κ1) is 25.3. The van der Waals surface area contributed by atoms with Crippen LogP contribution in [-0.4, -0.2) is 38.3 Å². The lowest BCUT2D eigenvalue weighted by atomic mass is 9.98. The molecule has 0 aromatic carbocycles. The molecule has 0 saturated carbocycles. The van der Waals surface area contributed by atoms with E-state index in [1.807, 2.05) is 38.2 Å². The van der Waals surface area contributed by atoms with Crippen molar-refractivity contribution in [3.05, 3.63) is 107 Å². The Kier molecular flexibility index (Phi) is 8.42. The average molecular weight is 473 g/mol. The Bertz CT molecular complexity index is 1340. The zero-order chi connectivity index (χ0) is 25.4. The summed E-state index contributed by atoms with van der Waals surface area (Å²) in [5.41, 5.74) is 9.77. The summed E-state index contributed by atoms with van der Waals surface area (Å²) in [4.78, 5) is 23.6.